The van der Waals surface area contributed by atoms with Crippen molar-refractivity contribution in [3.05, 3.63) is 35.1 Å². The Morgan fingerprint density at radius 3 is 2.88 bits per heavy atom. The second kappa shape index (κ2) is 4.99. The molecule has 2 unspecified atom stereocenters. The number of rotatable bonds is 3. The van der Waals surface area contributed by atoms with Gasteiger partial charge in [-0.25, -0.2) is 4.39 Å². The van der Waals surface area contributed by atoms with Gasteiger partial charge in [0.15, 0.2) is 0 Å². The molecule has 3 heteroatoms. The number of hydrogen-bond acceptors (Lipinski definition) is 2. The molecule has 0 spiro atoms. The van der Waals surface area contributed by atoms with Crippen LogP contribution in [0, 0.1) is 12.7 Å². The first-order valence-corrected chi connectivity index (χ1v) is 7.07. The number of aliphatic hydroxyl groups is 1. The molecule has 1 saturated heterocycles. The molecule has 1 aromatic rings. The monoisotopic (exact) mass is 254 g/mol. The molecule has 1 fully saturated rings. The van der Waals surface area contributed by atoms with Crippen LogP contribution in [0.15, 0.2) is 18.2 Å². The van der Waals surface area contributed by atoms with Crippen molar-refractivity contribution in [1.82, 2.24) is 0 Å². The van der Waals surface area contributed by atoms with Crippen LogP contribution in [0.25, 0.3) is 0 Å². The van der Waals surface area contributed by atoms with Crippen molar-refractivity contribution in [3.63, 3.8) is 0 Å². The van der Waals surface area contributed by atoms with Crippen molar-refractivity contribution in [2.45, 2.75) is 44.0 Å². The van der Waals surface area contributed by atoms with Crippen molar-refractivity contribution in [3.8, 4) is 0 Å². The van der Waals surface area contributed by atoms with E-state index in [1.165, 1.54) is 18.6 Å². The lowest BCUT2D eigenvalue weighted by molar-refractivity contribution is 0.133. The maximum absolute atomic E-state index is 13.0. The Bertz CT molecular complexity index is 399. The van der Waals surface area contributed by atoms with Crippen LogP contribution >= 0.6 is 11.8 Å². The first kappa shape index (κ1) is 12.9. The zero-order valence-corrected chi connectivity index (χ0v) is 11.2. The molecular weight excluding hydrogens is 235 g/mol. The van der Waals surface area contributed by atoms with Crippen LogP contribution in [0.2, 0.25) is 0 Å². The molecule has 2 rings (SSSR count). The van der Waals surface area contributed by atoms with E-state index in [1.54, 1.807) is 6.07 Å². The van der Waals surface area contributed by atoms with E-state index < -0.39 is 0 Å². The fourth-order valence-corrected chi connectivity index (χ4v) is 3.70. The van der Waals surface area contributed by atoms with Crippen LogP contribution in [0.1, 0.15) is 30.9 Å². The van der Waals surface area contributed by atoms with Crippen LogP contribution in [-0.4, -0.2) is 21.7 Å². The summed E-state index contributed by atoms with van der Waals surface area (Å²) in [6, 6.07) is 4.79. The van der Waals surface area contributed by atoms with Gasteiger partial charge in [-0.3, -0.25) is 0 Å². The Morgan fingerprint density at radius 1 is 1.53 bits per heavy atom. The average molecular weight is 254 g/mol. The highest BCUT2D eigenvalue weighted by Gasteiger charge is 2.36. The van der Waals surface area contributed by atoms with Gasteiger partial charge in [0.25, 0.3) is 0 Å². The molecule has 2 atom stereocenters. The smallest absolute Gasteiger partial charge is 0.123 e. The second-order valence-corrected chi connectivity index (χ2v) is 6.68. The first-order chi connectivity index (χ1) is 8.01. The SMILES string of the molecule is Cc1cc(F)ccc1CC(O)C1(C)CCCS1. The van der Waals surface area contributed by atoms with E-state index >= 15 is 0 Å². The van der Waals surface area contributed by atoms with Gasteiger partial charge in [0.05, 0.1) is 6.10 Å². The highest BCUT2D eigenvalue weighted by Crippen LogP contribution is 2.41. The fraction of sp³-hybridized carbons (Fsp3) is 0.571. The van der Waals surface area contributed by atoms with Crippen molar-refractivity contribution < 1.29 is 9.50 Å². The van der Waals surface area contributed by atoms with E-state index in [-0.39, 0.29) is 16.7 Å². The summed E-state index contributed by atoms with van der Waals surface area (Å²) in [5, 5.41) is 10.3. The van der Waals surface area contributed by atoms with Gasteiger partial charge in [0.2, 0.25) is 0 Å². The highest BCUT2D eigenvalue weighted by atomic mass is 32.2. The summed E-state index contributed by atoms with van der Waals surface area (Å²) in [5.41, 5.74) is 1.98. The van der Waals surface area contributed by atoms with Crippen molar-refractivity contribution >= 4 is 11.8 Å². The maximum Gasteiger partial charge on any atom is 0.123 e. The van der Waals surface area contributed by atoms with Gasteiger partial charge in [0.1, 0.15) is 5.82 Å². The topological polar surface area (TPSA) is 20.2 Å². The first-order valence-electron chi connectivity index (χ1n) is 6.08. The summed E-state index contributed by atoms with van der Waals surface area (Å²) < 4.78 is 13.0. The van der Waals surface area contributed by atoms with Crippen LogP contribution < -0.4 is 0 Å². The normalized spacial score (nSPS) is 26.1. The molecule has 0 bridgehead atoms. The molecule has 1 aliphatic rings. The molecular formula is C14H19FOS. The van der Waals surface area contributed by atoms with Crippen LogP contribution in [0.5, 0.6) is 0 Å². The van der Waals surface area contributed by atoms with Crippen molar-refractivity contribution in [2.24, 2.45) is 0 Å². The van der Waals surface area contributed by atoms with E-state index in [1.807, 2.05) is 18.7 Å². The number of aryl methyl sites for hydroxylation is 1. The molecule has 1 aliphatic heterocycles. The second-order valence-electron chi connectivity index (χ2n) is 5.06. The van der Waals surface area contributed by atoms with Gasteiger partial charge in [-0.05, 0) is 62.1 Å². The molecule has 1 aromatic carbocycles. The predicted octanol–water partition coefficient (Wildman–Crippen LogP) is 3.32. The van der Waals surface area contributed by atoms with Gasteiger partial charge in [-0.1, -0.05) is 6.07 Å². The van der Waals surface area contributed by atoms with E-state index in [9.17, 15) is 9.50 Å². The van der Waals surface area contributed by atoms with E-state index in [2.05, 4.69) is 6.92 Å². The maximum atomic E-state index is 13.0. The van der Waals surface area contributed by atoms with Crippen LogP contribution in [-0.2, 0) is 6.42 Å². The average Bonchev–Trinajstić information content (AvgIpc) is 2.71. The van der Waals surface area contributed by atoms with Gasteiger partial charge in [-0.2, -0.15) is 11.8 Å². The molecule has 94 valence electrons. The molecule has 0 radical (unpaired) electrons. The predicted molar refractivity (Wildman–Crippen MR) is 70.9 cm³/mol. The van der Waals surface area contributed by atoms with E-state index in [0.717, 1.165) is 23.3 Å². The number of aliphatic hydroxyl groups excluding tert-OH is 1. The summed E-state index contributed by atoms with van der Waals surface area (Å²) >= 11 is 1.86. The summed E-state index contributed by atoms with van der Waals surface area (Å²) in [6.45, 7) is 4.03. The Hall–Kier alpha value is -0.540. The molecule has 1 heterocycles. The summed E-state index contributed by atoms with van der Waals surface area (Å²) in [6.07, 6.45) is 2.52. The number of benzene rings is 1. The highest BCUT2D eigenvalue weighted by molar-refractivity contribution is 8.00. The molecule has 0 amide bonds. The lowest BCUT2D eigenvalue weighted by Crippen LogP contribution is -2.35. The molecule has 1 N–H and O–H groups in total. The van der Waals surface area contributed by atoms with E-state index in [0.29, 0.717) is 6.42 Å². The zero-order chi connectivity index (χ0) is 12.5. The third-order valence-electron chi connectivity index (χ3n) is 3.67. The largest absolute Gasteiger partial charge is 0.391 e. The molecule has 1 nitrogen and oxygen atoms in total. The quantitative estimate of drug-likeness (QED) is 0.893. The van der Waals surface area contributed by atoms with E-state index in [4.69, 9.17) is 0 Å². The molecule has 0 aromatic heterocycles. The number of thioether (sulfide) groups is 1. The third-order valence-corrected chi connectivity index (χ3v) is 5.30. The Morgan fingerprint density at radius 2 is 2.29 bits per heavy atom. The zero-order valence-electron chi connectivity index (χ0n) is 10.4. The van der Waals surface area contributed by atoms with Gasteiger partial charge < -0.3 is 5.11 Å². The standard InChI is InChI=1S/C14H19FOS/c1-10-8-12(15)5-4-11(10)9-13(16)14(2)6-3-7-17-14/h4-5,8,13,16H,3,6-7,9H2,1-2H3. The number of hydrogen-bond donors (Lipinski definition) is 1. The minimum absolute atomic E-state index is 0.0270. The van der Waals surface area contributed by atoms with Crippen LogP contribution in [0.3, 0.4) is 0 Å². The number of halogens is 1. The fourth-order valence-electron chi connectivity index (χ4n) is 2.38. The summed E-state index contributed by atoms with van der Waals surface area (Å²) in [4.78, 5) is 0. The Labute approximate surface area is 106 Å². The Kier molecular flexibility index (Phi) is 3.79. The van der Waals surface area contributed by atoms with Crippen molar-refractivity contribution in [2.75, 3.05) is 5.75 Å². The minimum Gasteiger partial charge on any atom is -0.391 e. The third kappa shape index (κ3) is 2.83. The summed E-state index contributed by atoms with van der Waals surface area (Å²) in [7, 11) is 0. The molecule has 0 aliphatic carbocycles. The molecule has 0 saturated carbocycles. The summed E-state index contributed by atoms with van der Waals surface area (Å²) in [5.74, 6) is 0.929. The lowest BCUT2D eigenvalue weighted by atomic mass is 9.92. The van der Waals surface area contributed by atoms with Crippen LogP contribution in [0.4, 0.5) is 4.39 Å². The Balaban J connectivity index is 2.10. The van der Waals surface area contributed by atoms with Gasteiger partial charge in [0, 0.05) is 4.75 Å². The minimum atomic E-state index is -0.348. The lowest BCUT2D eigenvalue weighted by Gasteiger charge is -2.29. The van der Waals surface area contributed by atoms with Crippen molar-refractivity contribution in [1.29, 1.82) is 0 Å². The van der Waals surface area contributed by atoms with Gasteiger partial charge >= 0.3 is 0 Å². The van der Waals surface area contributed by atoms with Gasteiger partial charge in [-0.15, -0.1) is 0 Å². The molecule has 17 heavy (non-hydrogen) atoms.